The van der Waals surface area contributed by atoms with Gasteiger partial charge in [0.05, 0.1) is 26.4 Å². The molecule has 2 fully saturated rings. The summed E-state index contributed by atoms with van der Waals surface area (Å²) in [5, 5.41) is 3.51. The van der Waals surface area contributed by atoms with Gasteiger partial charge in [-0.3, -0.25) is 4.79 Å². The Kier molecular flexibility index (Phi) is 5.98. The van der Waals surface area contributed by atoms with Crippen molar-refractivity contribution in [1.29, 1.82) is 0 Å². The molecule has 30 heavy (non-hydrogen) atoms. The molecule has 0 aromatic carbocycles. The molecule has 9 nitrogen and oxygen atoms in total. The summed E-state index contributed by atoms with van der Waals surface area (Å²) < 4.78 is 16.0. The Morgan fingerprint density at radius 1 is 1.10 bits per heavy atom. The standard InChI is InChI=1S/C21H27N5O4/c1-28-17-9-14-12-26(20(27)16-10-19(29-2)25-21(24-16)30-3)11-13(14)8-15(17)23-18-6-4-5-7-22-18/h4-7,10,13-15,17H,8-9,11-12H2,1-3H3,(H,22,23)/t13-,14+,15-,17-/m1/s1. The summed E-state index contributed by atoms with van der Waals surface area (Å²) in [5.74, 6) is 1.81. The van der Waals surface area contributed by atoms with Gasteiger partial charge in [-0.05, 0) is 36.8 Å². The molecule has 2 aliphatic rings. The minimum absolute atomic E-state index is 0.0718. The SMILES string of the molecule is COc1cc(C(=O)N2C[C@H]3C[C@@H](Nc4ccccn4)[C@H](OC)C[C@H]3C2)nc(OC)n1. The largest absolute Gasteiger partial charge is 0.481 e. The van der Waals surface area contributed by atoms with Crippen LogP contribution in [-0.2, 0) is 4.74 Å². The van der Waals surface area contributed by atoms with Crippen LogP contribution >= 0.6 is 0 Å². The molecule has 3 heterocycles. The van der Waals surface area contributed by atoms with E-state index in [0.29, 0.717) is 30.8 Å². The maximum Gasteiger partial charge on any atom is 0.320 e. The number of fused-ring (bicyclic) bond motifs is 1. The van der Waals surface area contributed by atoms with Crippen LogP contribution in [0, 0.1) is 11.8 Å². The first-order valence-electron chi connectivity index (χ1n) is 10.1. The van der Waals surface area contributed by atoms with Gasteiger partial charge in [0.15, 0.2) is 0 Å². The zero-order valence-electron chi connectivity index (χ0n) is 17.4. The van der Waals surface area contributed by atoms with Gasteiger partial charge >= 0.3 is 6.01 Å². The topological polar surface area (TPSA) is 98.7 Å². The normalized spacial score (nSPS) is 25.5. The molecule has 1 saturated carbocycles. The molecule has 9 heteroatoms. The van der Waals surface area contributed by atoms with Crippen molar-refractivity contribution in [3.63, 3.8) is 0 Å². The molecule has 1 aliphatic carbocycles. The van der Waals surface area contributed by atoms with E-state index in [1.54, 1.807) is 19.4 Å². The van der Waals surface area contributed by atoms with E-state index in [0.717, 1.165) is 18.7 Å². The van der Waals surface area contributed by atoms with Crippen molar-refractivity contribution < 1.29 is 19.0 Å². The lowest BCUT2D eigenvalue weighted by Gasteiger charge is -2.37. The van der Waals surface area contributed by atoms with Crippen molar-refractivity contribution in [2.75, 3.05) is 39.7 Å². The van der Waals surface area contributed by atoms with E-state index in [4.69, 9.17) is 14.2 Å². The van der Waals surface area contributed by atoms with Gasteiger partial charge in [0.25, 0.3) is 5.91 Å². The number of rotatable bonds is 6. The summed E-state index contributed by atoms with van der Waals surface area (Å²) in [6.07, 6.45) is 3.66. The second kappa shape index (κ2) is 8.83. The van der Waals surface area contributed by atoms with E-state index in [2.05, 4.69) is 20.3 Å². The minimum atomic E-state index is -0.133. The number of carbonyl (C=O) groups is 1. The molecule has 0 unspecified atom stereocenters. The van der Waals surface area contributed by atoms with Crippen LogP contribution in [0.25, 0.3) is 0 Å². The summed E-state index contributed by atoms with van der Waals surface area (Å²) in [6.45, 7) is 1.38. The number of hydrogen-bond acceptors (Lipinski definition) is 8. The Labute approximate surface area is 175 Å². The Bertz CT molecular complexity index is 859. The minimum Gasteiger partial charge on any atom is -0.481 e. The van der Waals surface area contributed by atoms with Crippen LogP contribution in [0.1, 0.15) is 23.3 Å². The zero-order chi connectivity index (χ0) is 21.1. The molecule has 0 bridgehead atoms. The van der Waals surface area contributed by atoms with Gasteiger partial charge in [-0.25, -0.2) is 4.98 Å². The van der Waals surface area contributed by atoms with Crippen molar-refractivity contribution in [3.8, 4) is 11.9 Å². The first-order valence-corrected chi connectivity index (χ1v) is 10.1. The highest BCUT2D eigenvalue weighted by atomic mass is 16.5. The monoisotopic (exact) mass is 413 g/mol. The van der Waals surface area contributed by atoms with Crippen LogP contribution in [0.15, 0.2) is 30.5 Å². The third-order valence-corrected chi connectivity index (χ3v) is 6.00. The molecule has 4 atom stereocenters. The molecule has 2 aromatic rings. The van der Waals surface area contributed by atoms with Gasteiger partial charge in [0, 0.05) is 32.5 Å². The summed E-state index contributed by atoms with van der Waals surface area (Å²) in [4.78, 5) is 27.6. The van der Waals surface area contributed by atoms with Gasteiger partial charge in [-0.2, -0.15) is 9.97 Å². The second-order valence-electron chi connectivity index (χ2n) is 7.72. The second-order valence-corrected chi connectivity index (χ2v) is 7.72. The third kappa shape index (κ3) is 4.16. The molecule has 2 aromatic heterocycles. The smallest absolute Gasteiger partial charge is 0.320 e. The predicted molar refractivity (Wildman–Crippen MR) is 110 cm³/mol. The quantitative estimate of drug-likeness (QED) is 0.766. The molecule has 0 spiro atoms. The molecular weight excluding hydrogens is 386 g/mol. The number of methoxy groups -OCH3 is 3. The number of likely N-dealkylation sites (tertiary alicyclic amines) is 1. The number of anilines is 1. The van der Waals surface area contributed by atoms with E-state index in [1.165, 1.54) is 14.2 Å². The highest BCUT2D eigenvalue weighted by Crippen LogP contribution is 2.39. The average Bonchev–Trinajstić information content (AvgIpc) is 3.21. The van der Waals surface area contributed by atoms with E-state index < -0.39 is 0 Å². The van der Waals surface area contributed by atoms with Crippen LogP contribution in [0.5, 0.6) is 11.9 Å². The van der Waals surface area contributed by atoms with Crippen LogP contribution in [-0.4, -0.2) is 72.3 Å². The number of nitrogens with one attached hydrogen (secondary N) is 1. The fraction of sp³-hybridized carbons (Fsp3) is 0.524. The predicted octanol–water partition coefficient (Wildman–Crippen LogP) is 1.87. The van der Waals surface area contributed by atoms with E-state index in [-0.39, 0.29) is 29.8 Å². The average molecular weight is 413 g/mol. The lowest BCUT2D eigenvalue weighted by atomic mass is 9.77. The molecule has 160 valence electrons. The van der Waals surface area contributed by atoms with Crippen LogP contribution in [0.2, 0.25) is 0 Å². The summed E-state index contributed by atoms with van der Waals surface area (Å²) in [7, 11) is 4.71. The molecule has 1 saturated heterocycles. The first kappa shape index (κ1) is 20.3. The summed E-state index contributed by atoms with van der Waals surface area (Å²) in [6, 6.07) is 7.64. The number of hydrogen-bond donors (Lipinski definition) is 1. The maximum atomic E-state index is 13.1. The van der Waals surface area contributed by atoms with E-state index in [1.807, 2.05) is 23.1 Å². The van der Waals surface area contributed by atoms with E-state index >= 15 is 0 Å². The lowest BCUT2D eigenvalue weighted by Crippen LogP contribution is -2.44. The number of pyridine rings is 1. The van der Waals surface area contributed by atoms with Gasteiger partial charge in [0.1, 0.15) is 11.5 Å². The van der Waals surface area contributed by atoms with Gasteiger partial charge in [0.2, 0.25) is 5.88 Å². The van der Waals surface area contributed by atoms with Crippen molar-refractivity contribution in [2.45, 2.75) is 25.0 Å². The fourth-order valence-corrected chi connectivity index (χ4v) is 4.50. The van der Waals surface area contributed by atoms with Crippen LogP contribution in [0.4, 0.5) is 5.82 Å². The van der Waals surface area contributed by atoms with Crippen LogP contribution in [0.3, 0.4) is 0 Å². The number of amides is 1. The summed E-state index contributed by atoms with van der Waals surface area (Å²) in [5.41, 5.74) is 0.281. The van der Waals surface area contributed by atoms with Crippen molar-refractivity contribution >= 4 is 11.7 Å². The van der Waals surface area contributed by atoms with Gasteiger partial charge < -0.3 is 24.4 Å². The summed E-state index contributed by atoms with van der Waals surface area (Å²) >= 11 is 0. The number of ether oxygens (including phenoxy) is 3. The molecule has 1 N–H and O–H groups in total. The van der Waals surface area contributed by atoms with Crippen molar-refractivity contribution in [3.05, 3.63) is 36.2 Å². The Hall–Kier alpha value is -2.94. The van der Waals surface area contributed by atoms with Gasteiger partial charge in [-0.1, -0.05) is 6.07 Å². The number of nitrogens with zero attached hydrogens (tertiary/aromatic N) is 4. The molecule has 1 aliphatic heterocycles. The number of carbonyl (C=O) groups excluding carboxylic acids is 1. The zero-order valence-corrected chi connectivity index (χ0v) is 17.4. The maximum absolute atomic E-state index is 13.1. The van der Waals surface area contributed by atoms with Crippen molar-refractivity contribution in [1.82, 2.24) is 19.9 Å². The first-order chi connectivity index (χ1) is 14.6. The van der Waals surface area contributed by atoms with E-state index in [9.17, 15) is 4.79 Å². The molecule has 4 rings (SSSR count). The Morgan fingerprint density at radius 3 is 2.57 bits per heavy atom. The van der Waals surface area contributed by atoms with Crippen molar-refractivity contribution in [2.24, 2.45) is 11.8 Å². The lowest BCUT2D eigenvalue weighted by molar-refractivity contribution is 0.0304. The van der Waals surface area contributed by atoms with Gasteiger partial charge in [-0.15, -0.1) is 0 Å². The number of aromatic nitrogens is 3. The highest BCUT2D eigenvalue weighted by Gasteiger charge is 2.44. The Balaban J connectivity index is 1.47. The highest BCUT2D eigenvalue weighted by molar-refractivity contribution is 5.92. The molecule has 0 radical (unpaired) electrons. The van der Waals surface area contributed by atoms with Crippen LogP contribution < -0.4 is 14.8 Å². The Morgan fingerprint density at radius 2 is 1.90 bits per heavy atom. The fourth-order valence-electron chi connectivity index (χ4n) is 4.50. The third-order valence-electron chi connectivity index (χ3n) is 6.00. The molecule has 1 amide bonds. The molecular formula is C21H27N5O4.